The van der Waals surface area contributed by atoms with Gasteiger partial charge in [-0.15, -0.1) is 0 Å². The smallest absolute Gasteiger partial charge is 0.275 e. The molecule has 0 radical (unpaired) electrons. The maximum absolute atomic E-state index is 11.7. The first-order valence-electron chi connectivity index (χ1n) is 4.63. The summed E-state index contributed by atoms with van der Waals surface area (Å²) in [4.78, 5) is 32.8. The van der Waals surface area contributed by atoms with Gasteiger partial charge in [-0.2, -0.15) is 0 Å². The highest BCUT2D eigenvalue weighted by Gasteiger charge is 2.08. The van der Waals surface area contributed by atoms with Crippen molar-refractivity contribution in [1.82, 2.24) is 15.0 Å². The number of carbonyl (C=O) groups is 1. The van der Waals surface area contributed by atoms with Gasteiger partial charge < -0.3 is 5.32 Å². The molecule has 0 saturated heterocycles. The van der Waals surface area contributed by atoms with Crippen molar-refractivity contribution in [1.29, 1.82) is 0 Å². The van der Waals surface area contributed by atoms with Gasteiger partial charge in [-0.25, -0.2) is 4.98 Å². The van der Waals surface area contributed by atoms with Crippen LogP contribution in [0.1, 0.15) is 10.4 Å². The minimum absolute atomic E-state index is 0.0306. The van der Waals surface area contributed by atoms with Crippen LogP contribution in [0.15, 0.2) is 35.5 Å². The molecular formula is C10H7ClN4O2. The molecule has 2 rings (SSSR count). The molecular weight excluding hydrogens is 244 g/mol. The van der Waals surface area contributed by atoms with Gasteiger partial charge in [0, 0.05) is 18.0 Å². The Morgan fingerprint density at radius 3 is 2.71 bits per heavy atom. The van der Waals surface area contributed by atoms with E-state index in [1.165, 1.54) is 30.7 Å². The van der Waals surface area contributed by atoms with Crippen LogP contribution in [0.3, 0.4) is 0 Å². The van der Waals surface area contributed by atoms with Crippen molar-refractivity contribution in [2.24, 2.45) is 0 Å². The number of aromatic nitrogens is 3. The first-order valence-corrected chi connectivity index (χ1v) is 5.01. The topological polar surface area (TPSA) is 87.7 Å². The summed E-state index contributed by atoms with van der Waals surface area (Å²) in [5.41, 5.74) is -0.0713. The molecule has 0 aliphatic heterocycles. The van der Waals surface area contributed by atoms with Crippen LogP contribution in [-0.4, -0.2) is 20.9 Å². The number of hydrogen-bond acceptors (Lipinski definition) is 4. The van der Waals surface area contributed by atoms with E-state index in [4.69, 9.17) is 11.6 Å². The maximum Gasteiger partial charge on any atom is 0.275 e. The fourth-order valence-electron chi connectivity index (χ4n) is 1.16. The zero-order valence-electron chi connectivity index (χ0n) is 8.48. The lowest BCUT2D eigenvalue weighted by molar-refractivity contribution is 0.102. The highest BCUT2D eigenvalue weighted by atomic mass is 35.5. The minimum atomic E-state index is -0.507. The second-order valence-corrected chi connectivity index (χ2v) is 3.46. The number of halogens is 1. The van der Waals surface area contributed by atoms with E-state index in [-0.39, 0.29) is 11.0 Å². The first-order chi connectivity index (χ1) is 8.16. The molecule has 2 aromatic rings. The molecule has 17 heavy (non-hydrogen) atoms. The van der Waals surface area contributed by atoms with E-state index in [0.717, 1.165) is 0 Å². The Hall–Kier alpha value is -2.21. The zero-order valence-corrected chi connectivity index (χ0v) is 9.23. The molecule has 0 unspecified atom stereocenters. The summed E-state index contributed by atoms with van der Waals surface area (Å²) in [5, 5.41) is 2.39. The molecule has 0 aliphatic rings. The average molecular weight is 251 g/mol. The van der Waals surface area contributed by atoms with Gasteiger partial charge in [0.05, 0.1) is 6.20 Å². The van der Waals surface area contributed by atoms with Gasteiger partial charge in [0.2, 0.25) is 5.28 Å². The lowest BCUT2D eigenvalue weighted by Crippen LogP contribution is -2.20. The summed E-state index contributed by atoms with van der Waals surface area (Å²) in [6.07, 6.45) is 4.17. The van der Waals surface area contributed by atoms with Crippen molar-refractivity contribution in [3.05, 3.63) is 51.9 Å². The molecule has 0 aromatic carbocycles. The molecule has 0 fully saturated rings. The van der Waals surface area contributed by atoms with Gasteiger partial charge in [0.15, 0.2) is 0 Å². The van der Waals surface area contributed by atoms with Crippen molar-refractivity contribution in [3.8, 4) is 0 Å². The number of anilines is 1. The number of rotatable bonds is 2. The van der Waals surface area contributed by atoms with Crippen molar-refractivity contribution in [2.45, 2.75) is 0 Å². The monoisotopic (exact) mass is 250 g/mol. The Morgan fingerprint density at radius 1 is 1.35 bits per heavy atom. The van der Waals surface area contributed by atoms with Crippen LogP contribution < -0.4 is 10.9 Å². The molecule has 0 spiro atoms. The first kappa shape index (κ1) is 11.3. The number of pyridine rings is 1. The Kier molecular flexibility index (Phi) is 3.15. The molecule has 0 atom stereocenters. The van der Waals surface area contributed by atoms with Gasteiger partial charge >= 0.3 is 0 Å². The molecule has 0 saturated carbocycles. The predicted molar refractivity (Wildman–Crippen MR) is 62.1 cm³/mol. The van der Waals surface area contributed by atoms with Crippen LogP contribution >= 0.6 is 11.6 Å². The lowest BCUT2D eigenvalue weighted by Gasteiger charge is -2.03. The van der Waals surface area contributed by atoms with Crippen molar-refractivity contribution in [2.75, 3.05) is 5.32 Å². The Labute approximate surface area is 101 Å². The number of nitrogens with one attached hydrogen (secondary N) is 2. The van der Waals surface area contributed by atoms with Crippen LogP contribution in [0.2, 0.25) is 5.28 Å². The molecule has 0 aliphatic carbocycles. The van der Waals surface area contributed by atoms with E-state index in [0.29, 0.717) is 5.56 Å². The van der Waals surface area contributed by atoms with Crippen LogP contribution in [0.5, 0.6) is 0 Å². The largest absolute Gasteiger partial charge is 0.316 e. The highest BCUT2D eigenvalue weighted by Crippen LogP contribution is 2.03. The molecule has 2 heterocycles. The third-order valence-corrected chi connectivity index (χ3v) is 2.15. The summed E-state index contributed by atoms with van der Waals surface area (Å²) in [6.45, 7) is 0. The van der Waals surface area contributed by atoms with Gasteiger partial charge in [-0.3, -0.25) is 19.6 Å². The molecule has 0 bridgehead atoms. The van der Waals surface area contributed by atoms with Crippen LogP contribution in [-0.2, 0) is 0 Å². The number of carbonyl (C=O) groups excluding carboxylic acids is 1. The fraction of sp³-hybridized carbons (Fsp3) is 0. The second kappa shape index (κ2) is 4.75. The number of nitrogens with zero attached hydrogens (tertiary/aromatic N) is 2. The van der Waals surface area contributed by atoms with Crippen LogP contribution in [0, 0.1) is 0 Å². The number of hydrogen-bond donors (Lipinski definition) is 2. The molecule has 7 heteroatoms. The van der Waals surface area contributed by atoms with Gasteiger partial charge in [0.25, 0.3) is 11.5 Å². The summed E-state index contributed by atoms with van der Waals surface area (Å²) in [6, 6.07) is 3.07. The Morgan fingerprint density at radius 2 is 2.06 bits per heavy atom. The van der Waals surface area contributed by atoms with Gasteiger partial charge in [0.1, 0.15) is 5.69 Å². The molecule has 6 nitrogen and oxygen atoms in total. The predicted octanol–water partition coefficient (Wildman–Crippen LogP) is 1.07. The SMILES string of the molecule is O=C(Nc1cnc(Cl)[nH]c1=O)c1ccncc1. The third kappa shape index (κ3) is 2.67. The highest BCUT2D eigenvalue weighted by molar-refractivity contribution is 6.28. The number of aromatic amines is 1. The summed E-state index contributed by atoms with van der Waals surface area (Å²) in [5.74, 6) is -0.415. The Balaban J connectivity index is 2.22. The molecule has 86 valence electrons. The normalized spacial score (nSPS) is 9.94. The summed E-state index contributed by atoms with van der Waals surface area (Å²) >= 11 is 5.48. The minimum Gasteiger partial charge on any atom is -0.316 e. The zero-order chi connectivity index (χ0) is 12.3. The van der Waals surface area contributed by atoms with E-state index in [1.54, 1.807) is 0 Å². The van der Waals surface area contributed by atoms with E-state index in [1.807, 2.05) is 0 Å². The van der Waals surface area contributed by atoms with Crippen molar-refractivity contribution < 1.29 is 4.79 Å². The van der Waals surface area contributed by atoms with Gasteiger partial charge in [-0.05, 0) is 23.7 Å². The average Bonchev–Trinajstić information content (AvgIpc) is 2.34. The summed E-state index contributed by atoms with van der Waals surface area (Å²) in [7, 11) is 0. The Bertz CT molecular complexity index is 597. The fourth-order valence-corrected chi connectivity index (χ4v) is 1.29. The van der Waals surface area contributed by atoms with Gasteiger partial charge in [-0.1, -0.05) is 0 Å². The summed E-state index contributed by atoms with van der Waals surface area (Å²) < 4.78 is 0. The standard InChI is InChI=1S/C10H7ClN4O2/c11-10-13-5-7(9(17)15-10)14-8(16)6-1-3-12-4-2-6/h1-5H,(H,14,16)(H,13,15,17). The van der Waals surface area contributed by atoms with Crippen LogP contribution in [0.25, 0.3) is 0 Å². The quantitative estimate of drug-likeness (QED) is 0.781. The molecule has 2 N–H and O–H groups in total. The lowest BCUT2D eigenvalue weighted by atomic mass is 10.2. The maximum atomic E-state index is 11.7. The van der Waals surface area contributed by atoms with E-state index in [2.05, 4.69) is 20.3 Å². The number of H-pyrrole nitrogens is 1. The second-order valence-electron chi connectivity index (χ2n) is 3.11. The van der Waals surface area contributed by atoms with Crippen molar-refractivity contribution >= 4 is 23.2 Å². The molecule has 2 aromatic heterocycles. The third-order valence-electron chi connectivity index (χ3n) is 1.96. The van der Waals surface area contributed by atoms with E-state index < -0.39 is 11.5 Å². The van der Waals surface area contributed by atoms with E-state index >= 15 is 0 Å². The van der Waals surface area contributed by atoms with E-state index in [9.17, 15) is 9.59 Å². The van der Waals surface area contributed by atoms with Crippen molar-refractivity contribution in [3.63, 3.8) is 0 Å². The van der Waals surface area contributed by atoms with Crippen LogP contribution in [0.4, 0.5) is 5.69 Å². The number of amides is 1. The molecule has 1 amide bonds.